The Morgan fingerprint density at radius 3 is 2.06 bits per heavy atom. The molecule has 0 amide bonds. The second-order valence-corrected chi connectivity index (χ2v) is 14.5. The lowest BCUT2D eigenvalue weighted by Gasteiger charge is -2.36. The Morgan fingerprint density at radius 2 is 1.27 bits per heavy atom. The van der Waals surface area contributed by atoms with Crippen molar-refractivity contribution in [3.63, 3.8) is 0 Å². The number of nitrogens with zero attached hydrogens (tertiary/aromatic N) is 1. The highest BCUT2D eigenvalue weighted by atomic mass is 14.7. The van der Waals surface area contributed by atoms with Crippen molar-refractivity contribution in [3.8, 4) is 0 Å². The van der Waals surface area contributed by atoms with E-state index in [1.54, 1.807) is 16.7 Å². The molecule has 48 heavy (non-hydrogen) atoms. The molecular weight excluding hydrogens is 579 g/mol. The van der Waals surface area contributed by atoms with Gasteiger partial charge >= 0.3 is 0 Å². The van der Waals surface area contributed by atoms with Gasteiger partial charge in [-0.15, -0.1) is 0 Å². The van der Waals surface area contributed by atoms with E-state index in [0.29, 0.717) is 11.8 Å². The SMILES string of the molecule is C1=CCCC(c2cccc(C3=CCCC(C4=c5ccccc5=C(C5=c6ccccc6=C(C6CCCCC6)CC5)C5C=CC=CC45)=C3)n2)=C1. The maximum absolute atomic E-state index is 5.20. The maximum atomic E-state index is 5.20. The Bertz CT molecular complexity index is 2220. The minimum absolute atomic E-state index is 0.326. The van der Waals surface area contributed by atoms with Crippen LogP contribution in [0.2, 0.25) is 0 Å². The summed E-state index contributed by atoms with van der Waals surface area (Å²) in [6.07, 6.45) is 34.7. The average molecular weight is 624 g/mol. The van der Waals surface area contributed by atoms with E-state index >= 15 is 0 Å². The number of aromatic nitrogens is 1. The van der Waals surface area contributed by atoms with E-state index in [1.165, 1.54) is 81.7 Å². The average Bonchev–Trinajstić information content (AvgIpc) is 3.17. The Kier molecular flexibility index (Phi) is 7.93. The molecule has 0 bridgehead atoms. The third kappa shape index (κ3) is 5.29. The molecule has 1 aromatic heterocycles. The minimum Gasteiger partial charge on any atom is -0.248 e. The molecule has 2 atom stereocenters. The number of fused-ring (bicyclic) bond motifs is 3. The van der Waals surface area contributed by atoms with Crippen LogP contribution in [0.5, 0.6) is 0 Å². The largest absolute Gasteiger partial charge is 0.248 e. The van der Waals surface area contributed by atoms with Crippen molar-refractivity contribution >= 4 is 33.4 Å². The van der Waals surface area contributed by atoms with E-state index < -0.39 is 0 Å². The number of hydrogen-bond acceptors (Lipinski definition) is 1. The molecule has 0 aliphatic heterocycles. The summed E-state index contributed by atoms with van der Waals surface area (Å²) in [6, 6.07) is 25.3. The predicted octanol–water partition coefficient (Wildman–Crippen LogP) is 8.67. The highest BCUT2D eigenvalue weighted by Crippen LogP contribution is 2.45. The molecule has 2 aromatic carbocycles. The molecular formula is C47H45N. The first-order valence-electron chi connectivity index (χ1n) is 18.6. The lowest BCUT2D eigenvalue weighted by Crippen LogP contribution is -2.43. The lowest BCUT2D eigenvalue weighted by atomic mass is 9.67. The molecule has 9 rings (SSSR count). The van der Waals surface area contributed by atoms with Gasteiger partial charge in [0.25, 0.3) is 0 Å². The summed E-state index contributed by atoms with van der Waals surface area (Å²) < 4.78 is 0. The zero-order chi connectivity index (χ0) is 31.9. The molecule has 0 saturated heterocycles. The first-order chi connectivity index (χ1) is 23.8. The minimum atomic E-state index is 0.326. The molecule has 1 nitrogen and oxygen atoms in total. The molecule has 6 aliphatic carbocycles. The summed E-state index contributed by atoms with van der Waals surface area (Å²) >= 11 is 0. The summed E-state index contributed by atoms with van der Waals surface area (Å²) in [5, 5.41) is 5.90. The van der Waals surface area contributed by atoms with E-state index in [9.17, 15) is 0 Å². The van der Waals surface area contributed by atoms with Crippen LogP contribution in [-0.4, -0.2) is 4.98 Å². The number of pyridine rings is 1. The van der Waals surface area contributed by atoms with Crippen LogP contribution in [0, 0.1) is 17.8 Å². The monoisotopic (exact) mass is 623 g/mol. The van der Waals surface area contributed by atoms with Crippen molar-refractivity contribution in [2.45, 2.75) is 70.6 Å². The van der Waals surface area contributed by atoms with Gasteiger partial charge in [-0.05, 0) is 130 Å². The van der Waals surface area contributed by atoms with Gasteiger partial charge < -0.3 is 0 Å². The molecule has 0 N–H and O–H groups in total. The van der Waals surface area contributed by atoms with E-state index in [2.05, 4.69) is 121 Å². The fourth-order valence-corrected chi connectivity index (χ4v) is 9.61. The molecule has 1 fully saturated rings. The fourth-order valence-electron chi connectivity index (χ4n) is 9.61. The molecule has 2 unspecified atom stereocenters. The summed E-state index contributed by atoms with van der Waals surface area (Å²) in [5.41, 5.74) is 12.7. The molecule has 3 aromatic rings. The molecule has 1 heterocycles. The molecule has 238 valence electrons. The van der Waals surface area contributed by atoms with Crippen LogP contribution in [0.1, 0.15) is 82.0 Å². The van der Waals surface area contributed by atoms with E-state index in [1.807, 2.05) is 0 Å². The van der Waals surface area contributed by atoms with Gasteiger partial charge in [-0.3, -0.25) is 0 Å². The van der Waals surface area contributed by atoms with Gasteiger partial charge in [-0.25, -0.2) is 4.98 Å². The van der Waals surface area contributed by atoms with Crippen molar-refractivity contribution in [2.24, 2.45) is 17.8 Å². The number of hydrogen-bond donors (Lipinski definition) is 0. The maximum Gasteiger partial charge on any atom is 0.0706 e. The zero-order valence-corrected chi connectivity index (χ0v) is 28.0. The zero-order valence-electron chi connectivity index (χ0n) is 28.0. The van der Waals surface area contributed by atoms with Gasteiger partial charge in [-0.2, -0.15) is 0 Å². The van der Waals surface area contributed by atoms with E-state index in [0.717, 1.165) is 49.4 Å². The number of allylic oxidation sites excluding steroid dienone is 12. The first kappa shape index (κ1) is 29.6. The highest BCUT2D eigenvalue weighted by molar-refractivity contribution is 5.95. The predicted molar refractivity (Wildman–Crippen MR) is 202 cm³/mol. The van der Waals surface area contributed by atoms with Gasteiger partial charge in [0, 0.05) is 11.8 Å². The van der Waals surface area contributed by atoms with Crippen LogP contribution in [0.25, 0.3) is 33.4 Å². The van der Waals surface area contributed by atoms with E-state index in [4.69, 9.17) is 4.98 Å². The highest BCUT2D eigenvalue weighted by Gasteiger charge is 2.34. The van der Waals surface area contributed by atoms with Gasteiger partial charge in [0.05, 0.1) is 11.4 Å². The van der Waals surface area contributed by atoms with Crippen LogP contribution in [-0.2, 0) is 0 Å². The molecule has 1 heteroatoms. The molecule has 0 radical (unpaired) electrons. The lowest BCUT2D eigenvalue weighted by molar-refractivity contribution is 0.421. The van der Waals surface area contributed by atoms with Crippen LogP contribution in [0.4, 0.5) is 0 Å². The Hall–Kier alpha value is -4.49. The quantitative estimate of drug-likeness (QED) is 0.277. The second-order valence-electron chi connectivity index (χ2n) is 14.5. The Labute approximate surface area is 285 Å². The van der Waals surface area contributed by atoms with Crippen LogP contribution >= 0.6 is 0 Å². The summed E-state index contributed by atoms with van der Waals surface area (Å²) in [7, 11) is 0. The van der Waals surface area contributed by atoms with Crippen molar-refractivity contribution in [1.82, 2.24) is 4.98 Å². The van der Waals surface area contributed by atoms with Crippen LogP contribution < -0.4 is 20.9 Å². The van der Waals surface area contributed by atoms with Crippen molar-refractivity contribution in [3.05, 3.63) is 159 Å². The normalized spacial score (nSPS) is 23.6. The second kappa shape index (κ2) is 12.8. The topological polar surface area (TPSA) is 12.9 Å². The standard InChI is InChI=1S/C47H45N/c1-3-15-32(16-4-1)36-29-30-43(38-22-8-7-21-37(36)38)47-41-25-11-9-23-39(41)46(40-24-10-12-26-42(40)47)35-20-13-19-34(31-35)45-28-14-27-44(48-45)33-17-5-2-6-18-33/h2,5,7-12,14,17,19,21-28,31-32,39,41H,1,3-4,6,13,15-16,18,20,29-30H2. The molecule has 0 spiro atoms. The first-order valence-corrected chi connectivity index (χ1v) is 18.6. The third-order valence-corrected chi connectivity index (χ3v) is 11.8. The Morgan fingerprint density at radius 1 is 0.562 bits per heavy atom. The summed E-state index contributed by atoms with van der Waals surface area (Å²) in [5.74, 6) is 1.43. The summed E-state index contributed by atoms with van der Waals surface area (Å²) in [6.45, 7) is 0. The van der Waals surface area contributed by atoms with Crippen molar-refractivity contribution < 1.29 is 0 Å². The van der Waals surface area contributed by atoms with Gasteiger partial charge in [0.15, 0.2) is 0 Å². The third-order valence-electron chi connectivity index (χ3n) is 11.8. The fraction of sp³-hybridized carbons (Fsp3) is 0.298. The molecule has 1 saturated carbocycles. The summed E-state index contributed by atoms with van der Waals surface area (Å²) in [4.78, 5) is 5.20. The van der Waals surface area contributed by atoms with Crippen molar-refractivity contribution in [1.29, 1.82) is 0 Å². The van der Waals surface area contributed by atoms with Crippen LogP contribution in [0.15, 0.2) is 127 Å². The number of benzene rings is 2. The van der Waals surface area contributed by atoms with E-state index in [-0.39, 0.29) is 0 Å². The van der Waals surface area contributed by atoms with Crippen molar-refractivity contribution in [2.75, 3.05) is 0 Å². The smallest absolute Gasteiger partial charge is 0.0706 e. The van der Waals surface area contributed by atoms with Crippen LogP contribution in [0.3, 0.4) is 0 Å². The van der Waals surface area contributed by atoms with Gasteiger partial charge in [0.1, 0.15) is 0 Å². The molecule has 6 aliphatic rings. The Balaban J connectivity index is 1.23. The van der Waals surface area contributed by atoms with Gasteiger partial charge in [0.2, 0.25) is 0 Å². The van der Waals surface area contributed by atoms with Gasteiger partial charge in [-0.1, -0.05) is 128 Å². The number of rotatable bonds is 5.